The highest BCUT2D eigenvalue weighted by molar-refractivity contribution is 5.79. The zero-order chi connectivity index (χ0) is 14.7. The van der Waals surface area contributed by atoms with Crippen molar-refractivity contribution in [3.63, 3.8) is 0 Å². The molecule has 1 N–H and O–H groups in total. The van der Waals surface area contributed by atoms with Crippen LogP contribution in [0.25, 0.3) is 11.0 Å². The Balaban J connectivity index is 1.94. The molecule has 0 atom stereocenters. The first-order valence-corrected chi connectivity index (χ1v) is 7.39. The van der Waals surface area contributed by atoms with Crippen LogP contribution in [0.3, 0.4) is 0 Å². The highest BCUT2D eigenvalue weighted by Crippen LogP contribution is 2.23. The molecule has 3 aromatic rings. The molecule has 2 aromatic carbocycles. The molecule has 0 aliphatic rings. The van der Waals surface area contributed by atoms with E-state index in [1.165, 1.54) is 11.1 Å². The summed E-state index contributed by atoms with van der Waals surface area (Å²) in [5, 5.41) is 3.48. The maximum atomic E-state index is 4.35. The first-order chi connectivity index (χ1) is 10.3. The van der Waals surface area contributed by atoms with Gasteiger partial charge in [0.15, 0.2) is 0 Å². The Kier molecular flexibility index (Phi) is 3.82. The molecule has 1 heterocycles. The Morgan fingerprint density at radius 1 is 0.762 bits per heavy atom. The van der Waals surface area contributed by atoms with E-state index in [2.05, 4.69) is 47.3 Å². The number of hydrogen-bond acceptors (Lipinski definition) is 3. The minimum atomic E-state index is 0.907. The normalized spacial score (nSPS) is 10.8. The molecule has 0 bridgehead atoms. The molecule has 3 nitrogen and oxygen atoms in total. The first kappa shape index (κ1) is 13.6. The number of aryl methyl sites for hydroxylation is 2. The molecular formula is C18H19N3. The molecule has 0 saturated heterocycles. The fraction of sp³-hybridized carbons (Fsp3) is 0.222. The maximum absolute atomic E-state index is 4.35. The second-order valence-corrected chi connectivity index (χ2v) is 5.13. The van der Waals surface area contributed by atoms with Gasteiger partial charge in [-0.3, -0.25) is 9.97 Å². The standard InChI is InChI=1S/C18H19N3/c1-3-13-9-14(4-2)11-16(10-13)21-15-5-6-17-18(12-15)20-8-7-19-17/h5-12,21H,3-4H2,1-2H3. The lowest BCUT2D eigenvalue weighted by Crippen LogP contribution is -1.95. The van der Waals surface area contributed by atoms with Crippen molar-refractivity contribution in [2.45, 2.75) is 26.7 Å². The van der Waals surface area contributed by atoms with Crippen LogP contribution in [0.4, 0.5) is 11.4 Å². The van der Waals surface area contributed by atoms with Gasteiger partial charge in [0.2, 0.25) is 0 Å². The van der Waals surface area contributed by atoms with Gasteiger partial charge < -0.3 is 5.32 Å². The summed E-state index contributed by atoms with van der Waals surface area (Å²) in [4.78, 5) is 8.64. The van der Waals surface area contributed by atoms with E-state index in [9.17, 15) is 0 Å². The lowest BCUT2D eigenvalue weighted by atomic mass is 10.1. The van der Waals surface area contributed by atoms with E-state index >= 15 is 0 Å². The molecule has 0 unspecified atom stereocenters. The number of benzene rings is 2. The molecule has 0 fully saturated rings. The summed E-state index contributed by atoms with van der Waals surface area (Å²) in [6.07, 6.45) is 5.53. The lowest BCUT2D eigenvalue weighted by Gasteiger charge is -2.11. The SMILES string of the molecule is CCc1cc(CC)cc(Nc2ccc3nccnc3c2)c1. The van der Waals surface area contributed by atoms with Gasteiger partial charge in [0.25, 0.3) is 0 Å². The van der Waals surface area contributed by atoms with Crippen molar-refractivity contribution < 1.29 is 0 Å². The number of hydrogen-bond donors (Lipinski definition) is 1. The first-order valence-electron chi connectivity index (χ1n) is 7.39. The number of nitrogens with one attached hydrogen (secondary N) is 1. The predicted octanol–water partition coefficient (Wildman–Crippen LogP) is 4.50. The van der Waals surface area contributed by atoms with Crippen molar-refractivity contribution in [3.05, 3.63) is 59.9 Å². The van der Waals surface area contributed by atoms with E-state index in [1.54, 1.807) is 12.4 Å². The fourth-order valence-electron chi connectivity index (χ4n) is 2.45. The molecule has 0 aliphatic heterocycles. The van der Waals surface area contributed by atoms with E-state index in [0.717, 1.165) is 35.2 Å². The molecule has 0 spiro atoms. The minimum absolute atomic E-state index is 0.907. The molecule has 3 heteroatoms. The second kappa shape index (κ2) is 5.92. The summed E-state index contributed by atoms with van der Waals surface area (Å²) in [6.45, 7) is 4.37. The molecule has 21 heavy (non-hydrogen) atoms. The highest BCUT2D eigenvalue weighted by Gasteiger charge is 2.02. The second-order valence-electron chi connectivity index (χ2n) is 5.13. The van der Waals surface area contributed by atoms with Gasteiger partial charge in [-0.1, -0.05) is 19.9 Å². The van der Waals surface area contributed by atoms with Gasteiger partial charge in [0.1, 0.15) is 0 Å². The van der Waals surface area contributed by atoms with Gasteiger partial charge in [-0.15, -0.1) is 0 Å². The number of aromatic nitrogens is 2. The van der Waals surface area contributed by atoms with Gasteiger partial charge in [-0.2, -0.15) is 0 Å². The van der Waals surface area contributed by atoms with E-state index < -0.39 is 0 Å². The van der Waals surface area contributed by atoms with Gasteiger partial charge in [-0.25, -0.2) is 0 Å². The Labute approximate surface area is 125 Å². The van der Waals surface area contributed by atoms with Crippen LogP contribution in [0.15, 0.2) is 48.8 Å². The number of anilines is 2. The van der Waals surface area contributed by atoms with Crippen molar-refractivity contribution in [1.82, 2.24) is 9.97 Å². The number of nitrogens with zero attached hydrogens (tertiary/aromatic N) is 2. The summed E-state index contributed by atoms with van der Waals surface area (Å²) >= 11 is 0. The van der Waals surface area contributed by atoms with Gasteiger partial charge in [0, 0.05) is 23.8 Å². The average Bonchev–Trinajstić information content (AvgIpc) is 2.54. The van der Waals surface area contributed by atoms with Crippen molar-refractivity contribution >= 4 is 22.4 Å². The van der Waals surface area contributed by atoms with E-state index in [4.69, 9.17) is 0 Å². The molecule has 0 saturated carbocycles. The van der Waals surface area contributed by atoms with Gasteiger partial charge in [-0.05, 0) is 54.3 Å². The summed E-state index contributed by atoms with van der Waals surface area (Å²) < 4.78 is 0. The van der Waals surface area contributed by atoms with Crippen LogP contribution in [0.1, 0.15) is 25.0 Å². The fourth-order valence-corrected chi connectivity index (χ4v) is 2.45. The number of rotatable bonds is 4. The largest absolute Gasteiger partial charge is 0.355 e. The van der Waals surface area contributed by atoms with Gasteiger partial charge >= 0.3 is 0 Å². The summed E-state index contributed by atoms with van der Waals surface area (Å²) in [5.41, 5.74) is 6.71. The quantitative estimate of drug-likeness (QED) is 0.763. The highest BCUT2D eigenvalue weighted by atomic mass is 14.9. The molecule has 0 amide bonds. The molecular weight excluding hydrogens is 258 g/mol. The Morgan fingerprint density at radius 2 is 1.43 bits per heavy atom. The van der Waals surface area contributed by atoms with Crippen LogP contribution < -0.4 is 5.32 Å². The van der Waals surface area contributed by atoms with Crippen molar-refractivity contribution in [2.24, 2.45) is 0 Å². The Bertz CT molecular complexity index is 743. The van der Waals surface area contributed by atoms with Crippen LogP contribution >= 0.6 is 0 Å². The van der Waals surface area contributed by atoms with Crippen molar-refractivity contribution in [2.75, 3.05) is 5.32 Å². The molecule has 106 valence electrons. The van der Waals surface area contributed by atoms with Crippen LogP contribution in [0.2, 0.25) is 0 Å². The summed E-state index contributed by atoms with van der Waals surface area (Å²) in [7, 11) is 0. The predicted molar refractivity (Wildman–Crippen MR) is 88.0 cm³/mol. The third-order valence-electron chi connectivity index (χ3n) is 3.63. The molecule has 0 radical (unpaired) electrons. The molecule has 3 rings (SSSR count). The molecule has 1 aromatic heterocycles. The number of fused-ring (bicyclic) bond motifs is 1. The summed E-state index contributed by atoms with van der Waals surface area (Å²) in [5.74, 6) is 0. The van der Waals surface area contributed by atoms with Crippen molar-refractivity contribution in [1.29, 1.82) is 0 Å². The topological polar surface area (TPSA) is 37.8 Å². The van der Waals surface area contributed by atoms with Crippen LogP contribution in [-0.2, 0) is 12.8 Å². The average molecular weight is 277 g/mol. The zero-order valence-corrected chi connectivity index (χ0v) is 12.4. The Morgan fingerprint density at radius 3 is 2.10 bits per heavy atom. The zero-order valence-electron chi connectivity index (χ0n) is 12.4. The maximum Gasteiger partial charge on any atom is 0.0907 e. The van der Waals surface area contributed by atoms with E-state index in [-0.39, 0.29) is 0 Å². The summed E-state index contributed by atoms with van der Waals surface area (Å²) in [6, 6.07) is 12.8. The van der Waals surface area contributed by atoms with Gasteiger partial charge in [0.05, 0.1) is 11.0 Å². The third-order valence-corrected chi connectivity index (χ3v) is 3.63. The van der Waals surface area contributed by atoms with Crippen LogP contribution in [0.5, 0.6) is 0 Å². The van der Waals surface area contributed by atoms with E-state index in [0.29, 0.717) is 0 Å². The van der Waals surface area contributed by atoms with Crippen molar-refractivity contribution in [3.8, 4) is 0 Å². The minimum Gasteiger partial charge on any atom is -0.355 e. The Hall–Kier alpha value is -2.42. The molecule has 0 aliphatic carbocycles. The third kappa shape index (κ3) is 3.02. The monoisotopic (exact) mass is 277 g/mol. The van der Waals surface area contributed by atoms with Crippen LogP contribution in [0, 0.1) is 0 Å². The lowest BCUT2D eigenvalue weighted by molar-refractivity contribution is 1.09. The smallest absolute Gasteiger partial charge is 0.0907 e. The van der Waals surface area contributed by atoms with E-state index in [1.807, 2.05) is 18.2 Å². The van der Waals surface area contributed by atoms with Crippen LogP contribution in [-0.4, -0.2) is 9.97 Å².